The van der Waals surface area contributed by atoms with E-state index in [0.29, 0.717) is 25.9 Å². The standard InChI is InChI=1S/C11H13BrN2O2S/c12-9-3-2-8(17-9)6-14-11(16)7-1-4-10(15)13-5-7/h2-3,7H,1,4-6H2,(H,13,15)(H,14,16). The van der Waals surface area contributed by atoms with Gasteiger partial charge in [0, 0.05) is 17.8 Å². The number of thiophene rings is 1. The van der Waals surface area contributed by atoms with Gasteiger partial charge in [0.25, 0.3) is 0 Å². The maximum absolute atomic E-state index is 11.8. The van der Waals surface area contributed by atoms with Gasteiger partial charge < -0.3 is 10.6 Å². The Morgan fingerprint density at radius 2 is 2.41 bits per heavy atom. The van der Waals surface area contributed by atoms with Crippen molar-refractivity contribution in [1.29, 1.82) is 0 Å². The van der Waals surface area contributed by atoms with Crippen LogP contribution >= 0.6 is 27.3 Å². The van der Waals surface area contributed by atoms with Crippen molar-refractivity contribution < 1.29 is 9.59 Å². The van der Waals surface area contributed by atoms with Gasteiger partial charge in [-0.1, -0.05) is 0 Å². The third-order valence-electron chi connectivity index (χ3n) is 2.70. The molecule has 0 saturated carbocycles. The van der Waals surface area contributed by atoms with E-state index < -0.39 is 0 Å². The summed E-state index contributed by atoms with van der Waals surface area (Å²) in [6.07, 6.45) is 1.09. The van der Waals surface area contributed by atoms with Crippen LogP contribution in [0.4, 0.5) is 0 Å². The summed E-state index contributed by atoms with van der Waals surface area (Å²) >= 11 is 4.99. The molecule has 1 fully saturated rings. The lowest BCUT2D eigenvalue weighted by molar-refractivity contribution is -0.129. The molecule has 1 aliphatic rings. The van der Waals surface area contributed by atoms with Crippen LogP contribution in [0.5, 0.6) is 0 Å². The van der Waals surface area contributed by atoms with Crippen molar-refractivity contribution in [2.24, 2.45) is 5.92 Å². The molecule has 1 aromatic rings. The number of carbonyl (C=O) groups excluding carboxylic acids is 2. The van der Waals surface area contributed by atoms with E-state index in [-0.39, 0.29) is 17.7 Å². The molecule has 1 aliphatic heterocycles. The molecule has 1 atom stereocenters. The van der Waals surface area contributed by atoms with Crippen molar-refractivity contribution in [3.05, 3.63) is 20.8 Å². The Morgan fingerprint density at radius 1 is 1.59 bits per heavy atom. The summed E-state index contributed by atoms with van der Waals surface area (Å²) in [5.74, 6) is -0.0261. The summed E-state index contributed by atoms with van der Waals surface area (Å²) in [6.45, 7) is 1.01. The molecule has 0 radical (unpaired) electrons. The molecule has 0 aromatic carbocycles. The van der Waals surface area contributed by atoms with E-state index in [9.17, 15) is 9.59 Å². The first-order chi connectivity index (χ1) is 8.15. The van der Waals surface area contributed by atoms with E-state index in [1.807, 2.05) is 12.1 Å². The van der Waals surface area contributed by atoms with Crippen LogP contribution in [-0.2, 0) is 16.1 Å². The highest BCUT2D eigenvalue weighted by Gasteiger charge is 2.24. The summed E-state index contributed by atoms with van der Waals surface area (Å²) in [6, 6.07) is 3.95. The van der Waals surface area contributed by atoms with Crippen molar-refractivity contribution in [2.45, 2.75) is 19.4 Å². The lowest BCUT2D eigenvalue weighted by atomic mass is 9.98. The molecule has 1 unspecified atom stereocenters. The van der Waals surface area contributed by atoms with Crippen LogP contribution < -0.4 is 10.6 Å². The van der Waals surface area contributed by atoms with Crippen LogP contribution in [-0.4, -0.2) is 18.4 Å². The van der Waals surface area contributed by atoms with Crippen LogP contribution in [0.15, 0.2) is 15.9 Å². The van der Waals surface area contributed by atoms with Crippen molar-refractivity contribution >= 4 is 39.1 Å². The summed E-state index contributed by atoms with van der Waals surface area (Å²) in [7, 11) is 0. The number of rotatable bonds is 3. The molecule has 17 heavy (non-hydrogen) atoms. The van der Waals surface area contributed by atoms with E-state index in [2.05, 4.69) is 26.6 Å². The number of piperidine rings is 1. The van der Waals surface area contributed by atoms with Gasteiger partial charge in [-0.05, 0) is 34.5 Å². The zero-order valence-electron chi connectivity index (χ0n) is 9.16. The fourth-order valence-electron chi connectivity index (χ4n) is 1.72. The van der Waals surface area contributed by atoms with Gasteiger partial charge in [0.1, 0.15) is 0 Å². The molecule has 0 aliphatic carbocycles. The average Bonchev–Trinajstić information content (AvgIpc) is 2.73. The molecular formula is C11H13BrN2O2S. The van der Waals surface area contributed by atoms with E-state index in [1.165, 1.54) is 0 Å². The van der Waals surface area contributed by atoms with Gasteiger partial charge in [-0.3, -0.25) is 9.59 Å². The molecule has 2 N–H and O–H groups in total. The molecule has 0 bridgehead atoms. The number of halogens is 1. The number of amides is 2. The van der Waals surface area contributed by atoms with E-state index >= 15 is 0 Å². The largest absolute Gasteiger partial charge is 0.355 e. The minimum Gasteiger partial charge on any atom is -0.355 e. The molecule has 6 heteroatoms. The first kappa shape index (κ1) is 12.6. The van der Waals surface area contributed by atoms with Gasteiger partial charge in [0.15, 0.2) is 0 Å². The summed E-state index contributed by atoms with van der Waals surface area (Å²) < 4.78 is 1.06. The third kappa shape index (κ3) is 3.54. The number of hydrogen-bond acceptors (Lipinski definition) is 3. The van der Waals surface area contributed by atoms with Crippen LogP contribution in [0.3, 0.4) is 0 Å². The fraction of sp³-hybridized carbons (Fsp3) is 0.455. The minimum absolute atomic E-state index is 0.0227. The maximum Gasteiger partial charge on any atom is 0.225 e. The number of nitrogens with one attached hydrogen (secondary N) is 2. The molecule has 92 valence electrons. The Bertz CT molecular complexity index is 423. The van der Waals surface area contributed by atoms with Gasteiger partial charge in [-0.25, -0.2) is 0 Å². The lowest BCUT2D eigenvalue weighted by Crippen LogP contribution is -2.42. The Labute approximate surface area is 112 Å². The average molecular weight is 317 g/mol. The zero-order chi connectivity index (χ0) is 12.3. The van der Waals surface area contributed by atoms with Crippen LogP contribution in [0.25, 0.3) is 0 Å². The zero-order valence-corrected chi connectivity index (χ0v) is 11.6. The molecule has 0 spiro atoms. The Hall–Kier alpha value is -0.880. The predicted octanol–water partition coefficient (Wildman–Crippen LogP) is 1.65. The van der Waals surface area contributed by atoms with Crippen LogP contribution in [0.1, 0.15) is 17.7 Å². The van der Waals surface area contributed by atoms with Gasteiger partial charge in [0.05, 0.1) is 16.2 Å². The minimum atomic E-state index is -0.0869. The molecule has 2 heterocycles. The van der Waals surface area contributed by atoms with E-state index in [4.69, 9.17) is 0 Å². The SMILES string of the molecule is O=C1CCC(C(=O)NCc2ccc(Br)s2)CN1. The predicted molar refractivity (Wildman–Crippen MR) is 69.6 cm³/mol. The monoisotopic (exact) mass is 316 g/mol. The molecule has 1 aromatic heterocycles. The second-order valence-electron chi connectivity index (χ2n) is 3.96. The van der Waals surface area contributed by atoms with Crippen molar-refractivity contribution in [1.82, 2.24) is 10.6 Å². The first-order valence-corrected chi connectivity index (χ1v) is 7.05. The highest BCUT2D eigenvalue weighted by atomic mass is 79.9. The first-order valence-electron chi connectivity index (χ1n) is 5.44. The van der Waals surface area contributed by atoms with Crippen LogP contribution in [0, 0.1) is 5.92 Å². The van der Waals surface area contributed by atoms with Gasteiger partial charge in [0.2, 0.25) is 11.8 Å². The Kier molecular flexibility index (Phi) is 4.17. The lowest BCUT2D eigenvalue weighted by Gasteiger charge is -2.21. The molecular weight excluding hydrogens is 304 g/mol. The topological polar surface area (TPSA) is 58.2 Å². The van der Waals surface area contributed by atoms with Crippen molar-refractivity contribution in [3.63, 3.8) is 0 Å². The van der Waals surface area contributed by atoms with Crippen molar-refractivity contribution in [3.8, 4) is 0 Å². The number of hydrogen-bond donors (Lipinski definition) is 2. The van der Waals surface area contributed by atoms with Crippen LogP contribution in [0.2, 0.25) is 0 Å². The van der Waals surface area contributed by atoms with Crippen molar-refractivity contribution in [2.75, 3.05) is 6.54 Å². The Morgan fingerprint density at radius 3 is 3.00 bits per heavy atom. The smallest absolute Gasteiger partial charge is 0.225 e. The second kappa shape index (κ2) is 5.64. The van der Waals surface area contributed by atoms with E-state index in [1.54, 1.807) is 11.3 Å². The molecule has 2 rings (SSSR count). The summed E-state index contributed by atoms with van der Waals surface area (Å²) in [4.78, 5) is 23.9. The molecule has 4 nitrogen and oxygen atoms in total. The highest BCUT2D eigenvalue weighted by Crippen LogP contribution is 2.22. The fourth-order valence-corrected chi connectivity index (χ4v) is 3.14. The summed E-state index contributed by atoms with van der Waals surface area (Å²) in [5, 5.41) is 5.61. The summed E-state index contributed by atoms with van der Waals surface area (Å²) in [5.41, 5.74) is 0. The molecule has 1 saturated heterocycles. The molecule has 2 amide bonds. The number of carbonyl (C=O) groups is 2. The van der Waals surface area contributed by atoms with Gasteiger partial charge in [-0.15, -0.1) is 11.3 Å². The van der Waals surface area contributed by atoms with Gasteiger partial charge in [-0.2, -0.15) is 0 Å². The third-order valence-corrected chi connectivity index (χ3v) is 4.33. The maximum atomic E-state index is 11.8. The van der Waals surface area contributed by atoms with E-state index in [0.717, 1.165) is 8.66 Å². The van der Waals surface area contributed by atoms with Gasteiger partial charge >= 0.3 is 0 Å². The highest BCUT2D eigenvalue weighted by molar-refractivity contribution is 9.11. The Balaban J connectivity index is 1.79. The quantitative estimate of drug-likeness (QED) is 0.891. The second-order valence-corrected chi connectivity index (χ2v) is 6.51. The normalized spacial score (nSPS) is 19.8.